The maximum absolute atomic E-state index is 8.77. The fraction of sp³-hybridized carbons (Fsp3) is 0. The summed E-state index contributed by atoms with van der Waals surface area (Å²) in [6.45, 7) is 0. The van der Waals surface area contributed by atoms with E-state index >= 15 is 0 Å². The van der Waals surface area contributed by atoms with Gasteiger partial charge in [0.1, 0.15) is 17.5 Å². The summed E-state index contributed by atoms with van der Waals surface area (Å²) in [5.41, 5.74) is 8.55. The Morgan fingerprint density at radius 1 is 1.28 bits per heavy atom. The number of nitrogens with one attached hydrogen (secondary N) is 1. The van der Waals surface area contributed by atoms with Crippen molar-refractivity contribution in [2.75, 3.05) is 5.73 Å². The highest BCUT2D eigenvalue weighted by molar-refractivity contribution is 5.80. The monoisotopic (exact) mass is 236 g/mol. The minimum Gasteiger partial charge on any atom is -0.382 e. The zero-order valence-corrected chi connectivity index (χ0v) is 9.25. The van der Waals surface area contributed by atoms with Crippen molar-refractivity contribution in [1.82, 2.24) is 19.9 Å². The topological polar surface area (TPSA) is 104 Å². The third-order valence-corrected chi connectivity index (χ3v) is 2.62. The van der Waals surface area contributed by atoms with Gasteiger partial charge in [0.05, 0.1) is 23.6 Å². The predicted molar refractivity (Wildman–Crippen MR) is 66.2 cm³/mol. The van der Waals surface area contributed by atoms with Gasteiger partial charge in [0, 0.05) is 5.56 Å². The Kier molecular flexibility index (Phi) is 2.17. The number of imidazole rings is 1. The molecule has 6 nitrogen and oxygen atoms in total. The molecule has 6 heteroatoms. The van der Waals surface area contributed by atoms with E-state index in [-0.39, 0.29) is 11.4 Å². The van der Waals surface area contributed by atoms with Gasteiger partial charge in [-0.3, -0.25) is 0 Å². The van der Waals surface area contributed by atoms with Crippen molar-refractivity contribution in [2.45, 2.75) is 0 Å². The lowest BCUT2D eigenvalue weighted by Crippen LogP contribution is -1.98. The van der Waals surface area contributed by atoms with Crippen LogP contribution in [0, 0.1) is 11.3 Å². The first kappa shape index (κ1) is 10.2. The maximum Gasteiger partial charge on any atom is 0.161 e. The Labute approximate surface area is 102 Å². The number of nitrogen functional groups attached to an aromatic ring is 1. The van der Waals surface area contributed by atoms with Gasteiger partial charge in [-0.2, -0.15) is 5.26 Å². The minimum absolute atomic E-state index is 0.187. The number of rotatable bonds is 1. The van der Waals surface area contributed by atoms with Gasteiger partial charge in [0.2, 0.25) is 0 Å². The van der Waals surface area contributed by atoms with Gasteiger partial charge in [-0.15, -0.1) is 0 Å². The van der Waals surface area contributed by atoms with Crippen molar-refractivity contribution >= 4 is 16.9 Å². The van der Waals surface area contributed by atoms with E-state index in [4.69, 9.17) is 11.0 Å². The van der Waals surface area contributed by atoms with Gasteiger partial charge in [-0.25, -0.2) is 15.0 Å². The van der Waals surface area contributed by atoms with Gasteiger partial charge in [0.25, 0.3) is 0 Å². The first-order valence-corrected chi connectivity index (χ1v) is 5.24. The minimum atomic E-state index is 0.187. The normalized spacial score (nSPS) is 10.4. The van der Waals surface area contributed by atoms with Crippen LogP contribution in [0.2, 0.25) is 0 Å². The van der Waals surface area contributed by atoms with Crippen molar-refractivity contribution in [3.63, 3.8) is 0 Å². The molecule has 18 heavy (non-hydrogen) atoms. The van der Waals surface area contributed by atoms with Crippen molar-refractivity contribution in [1.29, 1.82) is 5.26 Å². The van der Waals surface area contributed by atoms with E-state index in [1.165, 1.54) is 6.20 Å². The highest BCUT2D eigenvalue weighted by atomic mass is 14.9. The molecule has 0 amide bonds. The summed E-state index contributed by atoms with van der Waals surface area (Å²) in [5, 5.41) is 8.77. The first-order valence-electron chi connectivity index (χ1n) is 5.24. The molecule has 1 aromatic carbocycles. The molecule has 0 bridgehead atoms. The van der Waals surface area contributed by atoms with Crippen molar-refractivity contribution < 1.29 is 0 Å². The van der Waals surface area contributed by atoms with Crippen LogP contribution < -0.4 is 5.73 Å². The summed E-state index contributed by atoms with van der Waals surface area (Å²) in [4.78, 5) is 15.4. The second kappa shape index (κ2) is 3.82. The number of hydrogen-bond donors (Lipinski definition) is 2. The number of nitrogens with zero attached hydrogens (tertiary/aromatic N) is 4. The number of aromatic nitrogens is 4. The molecule has 3 N–H and O–H groups in total. The van der Waals surface area contributed by atoms with Crippen LogP contribution in [0.1, 0.15) is 5.56 Å². The Morgan fingerprint density at radius 2 is 2.17 bits per heavy atom. The molecule has 0 aliphatic carbocycles. The Morgan fingerprint density at radius 3 is 2.94 bits per heavy atom. The van der Waals surface area contributed by atoms with Gasteiger partial charge >= 0.3 is 0 Å². The van der Waals surface area contributed by atoms with Crippen LogP contribution in [0.5, 0.6) is 0 Å². The van der Waals surface area contributed by atoms with Gasteiger partial charge in [-0.05, 0) is 18.2 Å². The number of nitrogens with two attached hydrogens (primary N) is 1. The van der Waals surface area contributed by atoms with Crippen molar-refractivity contribution in [2.24, 2.45) is 0 Å². The standard InChI is InChI=1S/C12H8N6/c13-4-8-5-15-12(18-11(8)14)7-1-2-9-10(3-7)17-6-16-9/h1-3,5-6H,(H,16,17)(H2,14,15,18). The van der Waals surface area contributed by atoms with E-state index in [0.717, 1.165) is 16.6 Å². The molecule has 0 aliphatic rings. The predicted octanol–water partition coefficient (Wildman–Crippen LogP) is 1.47. The first-order chi connectivity index (χ1) is 8.78. The molecule has 2 heterocycles. The number of H-pyrrole nitrogens is 1. The fourth-order valence-corrected chi connectivity index (χ4v) is 1.69. The van der Waals surface area contributed by atoms with Gasteiger partial charge in [-0.1, -0.05) is 0 Å². The molecule has 0 atom stereocenters. The number of anilines is 1. The Hall–Kier alpha value is -2.94. The maximum atomic E-state index is 8.77. The third-order valence-electron chi connectivity index (χ3n) is 2.62. The summed E-state index contributed by atoms with van der Waals surface area (Å²) in [5.74, 6) is 0.676. The molecule has 0 spiro atoms. The van der Waals surface area contributed by atoms with Crippen LogP contribution in [0.3, 0.4) is 0 Å². The van der Waals surface area contributed by atoms with Crippen LogP contribution in [0.25, 0.3) is 22.4 Å². The van der Waals surface area contributed by atoms with Crippen LogP contribution in [0.4, 0.5) is 5.82 Å². The van der Waals surface area contributed by atoms with E-state index in [1.807, 2.05) is 24.3 Å². The quantitative estimate of drug-likeness (QED) is 0.665. The number of nitriles is 1. The van der Waals surface area contributed by atoms with Crippen LogP contribution >= 0.6 is 0 Å². The SMILES string of the molecule is N#Cc1cnc(-c2ccc3nc[nH]c3c2)nc1N. The lowest BCUT2D eigenvalue weighted by molar-refractivity contribution is 1.17. The molecular weight excluding hydrogens is 228 g/mol. The number of fused-ring (bicyclic) bond motifs is 1. The van der Waals surface area contributed by atoms with Crippen LogP contribution in [-0.2, 0) is 0 Å². The highest BCUT2D eigenvalue weighted by Crippen LogP contribution is 2.20. The smallest absolute Gasteiger partial charge is 0.161 e. The molecule has 3 aromatic rings. The van der Waals surface area contributed by atoms with Gasteiger partial charge in [0.15, 0.2) is 5.82 Å². The summed E-state index contributed by atoms with van der Waals surface area (Å²) in [7, 11) is 0. The molecular formula is C12H8N6. The van der Waals surface area contributed by atoms with Crippen molar-refractivity contribution in [3.05, 3.63) is 36.3 Å². The summed E-state index contributed by atoms with van der Waals surface area (Å²) in [6.07, 6.45) is 3.05. The van der Waals surface area contributed by atoms with E-state index < -0.39 is 0 Å². The van der Waals surface area contributed by atoms with E-state index in [1.54, 1.807) is 6.33 Å². The second-order valence-corrected chi connectivity index (χ2v) is 3.74. The largest absolute Gasteiger partial charge is 0.382 e. The summed E-state index contributed by atoms with van der Waals surface area (Å²) in [6, 6.07) is 7.56. The average Bonchev–Trinajstić information content (AvgIpc) is 2.85. The van der Waals surface area contributed by atoms with E-state index in [9.17, 15) is 0 Å². The van der Waals surface area contributed by atoms with Crippen LogP contribution in [0.15, 0.2) is 30.7 Å². The molecule has 0 saturated carbocycles. The van der Waals surface area contributed by atoms with Crippen LogP contribution in [-0.4, -0.2) is 19.9 Å². The highest BCUT2D eigenvalue weighted by Gasteiger charge is 2.07. The molecule has 0 radical (unpaired) electrons. The lowest BCUT2D eigenvalue weighted by atomic mass is 10.2. The Bertz CT molecular complexity index is 768. The van der Waals surface area contributed by atoms with E-state index in [0.29, 0.717) is 5.82 Å². The molecule has 0 fully saturated rings. The van der Waals surface area contributed by atoms with Gasteiger partial charge < -0.3 is 10.7 Å². The number of aromatic amines is 1. The molecule has 86 valence electrons. The third kappa shape index (κ3) is 1.55. The molecule has 0 aliphatic heterocycles. The van der Waals surface area contributed by atoms with Crippen molar-refractivity contribution in [3.8, 4) is 17.5 Å². The zero-order chi connectivity index (χ0) is 12.5. The Balaban J connectivity index is 2.14. The molecule has 0 unspecified atom stereocenters. The number of hydrogen-bond acceptors (Lipinski definition) is 5. The molecule has 3 rings (SSSR count). The molecule has 2 aromatic heterocycles. The van der Waals surface area contributed by atoms with E-state index in [2.05, 4.69) is 19.9 Å². The second-order valence-electron chi connectivity index (χ2n) is 3.74. The number of benzene rings is 1. The summed E-state index contributed by atoms with van der Waals surface area (Å²) >= 11 is 0. The fourth-order valence-electron chi connectivity index (χ4n) is 1.69. The lowest BCUT2D eigenvalue weighted by Gasteiger charge is -2.02. The summed E-state index contributed by atoms with van der Waals surface area (Å²) < 4.78 is 0. The average molecular weight is 236 g/mol. The molecule has 0 saturated heterocycles. The zero-order valence-electron chi connectivity index (χ0n) is 9.25.